The first-order valence-corrected chi connectivity index (χ1v) is 6.85. The molecule has 0 radical (unpaired) electrons. The maximum atomic E-state index is 13.0. The van der Waals surface area contributed by atoms with Crippen molar-refractivity contribution in [1.82, 2.24) is 5.32 Å². The highest BCUT2D eigenvalue weighted by atomic mass is 35.5. The van der Waals surface area contributed by atoms with Crippen molar-refractivity contribution in [2.24, 2.45) is 0 Å². The van der Waals surface area contributed by atoms with Crippen molar-refractivity contribution in [3.63, 3.8) is 0 Å². The van der Waals surface area contributed by atoms with Crippen LogP contribution < -0.4 is 5.32 Å². The Morgan fingerprint density at radius 3 is 2.85 bits per heavy atom. The van der Waals surface area contributed by atoms with Crippen LogP contribution in [0.5, 0.6) is 0 Å². The topological polar surface area (TPSA) is 49.3 Å². The molecule has 5 heteroatoms. The predicted octanol–water partition coefficient (Wildman–Crippen LogP) is 3.16. The van der Waals surface area contributed by atoms with Crippen LogP contribution in [0.3, 0.4) is 0 Å². The fourth-order valence-corrected chi connectivity index (χ4v) is 1.94. The van der Waals surface area contributed by atoms with Crippen LogP contribution in [0.15, 0.2) is 24.3 Å². The van der Waals surface area contributed by atoms with E-state index >= 15 is 0 Å². The number of nitrogens with one attached hydrogen (secondary N) is 1. The molecular formula is C15H19ClFNO2. The molecule has 0 bridgehead atoms. The van der Waals surface area contributed by atoms with Crippen LogP contribution in [0, 0.1) is 5.82 Å². The number of carbonyl (C=O) groups is 1. The summed E-state index contributed by atoms with van der Waals surface area (Å²) in [6.45, 7) is 3.84. The van der Waals surface area contributed by atoms with Gasteiger partial charge in [-0.3, -0.25) is 4.79 Å². The van der Waals surface area contributed by atoms with Crippen LogP contribution in [0.25, 0.3) is 6.08 Å². The summed E-state index contributed by atoms with van der Waals surface area (Å²) < 4.78 is 13.0. The number of halogens is 2. The summed E-state index contributed by atoms with van der Waals surface area (Å²) in [6, 6.07) is 4.21. The smallest absolute Gasteiger partial charge is 0.244 e. The maximum Gasteiger partial charge on any atom is 0.244 e. The molecule has 0 aromatic heterocycles. The third-order valence-electron chi connectivity index (χ3n) is 2.80. The Bertz CT molecular complexity index is 501. The van der Waals surface area contributed by atoms with E-state index in [9.17, 15) is 14.3 Å². The number of aliphatic hydroxyl groups is 1. The summed E-state index contributed by atoms with van der Waals surface area (Å²) >= 11 is 5.64. The molecular weight excluding hydrogens is 281 g/mol. The number of hydrogen-bond donors (Lipinski definition) is 2. The van der Waals surface area contributed by atoms with E-state index in [1.807, 2.05) is 6.92 Å². The van der Waals surface area contributed by atoms with Crippen molar-refractivity contribution in [2.45, 2.75) is 32.3 Å². The standard InChI is InChI=1S/C15H19ClFNO2/c1-3-8-15(2,20)10-18-14(19)7-5-11-4-6-13(17)12(16)9-11/h4-7,9,20H,3,8,10H2,1-2H3,(H,18,19)/b7-5+. The Hall–Kier alpha value is -1.39. The quantitative estimate of drug-likeness (QED) is 0.793. The first-order valence-electron chi connectivity index (χ1n) is 6.47. The first kappa shape index (κ1) is 16.7. The Kier molecular flexibility index (Phi) is 6.17. The van der Waals surface area contributed by atoms with Gasteiger partial charge in [-0.05, 0) is 37.1 Å². The first-order chi connectivity index (χ1) is 9.34. The Balaban J connectivity index is 2.53. The molecule has 1 unspecified atom stereocenters. The molecule has 0 fully saturated rings. The summed E-state index contributed by atoms with van der Waals surface area (Å²) in [7, 11) is 0. The number of benzene rings is 1. The summed E-state index contributed by atoms with van der Waals surface area (Å²) in [5.41, 5.74) is -0.274. The molecule has 1 aromatic rings. The Morgan fingerprint density at radius 2 is 2.25 bits per heavy atom. The minimum atomic E-state index is -0.905. The Labute approximate surface area is 123 Å². The zero-order chi connectivity index (χ0) is 15.2. The Morgan fingerprint density at radius 1 is 1.55 bits per heavy atom. The van der Waals surface area contributed by atoms with Crippen molar-refractivity contribution in [3.05, 3.63) is 40.7 Å². The molecule has 1 atom stereocenters. The van der Waals surface area contributed by atoms with Crippen molar-refractivity contribution in [2.75, 3.05) is 6.54 Å². The highest BCUT2D eigenvalue weighted by Gasteiger charge is 2.19. The lowest BCUT2D eigenvalue weighted by Gasteiger charge is -2.22. The molecule has 0 aliphatic carbocycles. The van der Waals surface area contributed by atoms with Gasteiger partial charge in [-0.2, -0.15) is 0 Å². The molecule has 2 N–H and O–H groups in total. The lowest BCUT2D eigenvalue weighted by molar-refractivity contribution is -0.117. The van der Waals surface area contributed by atoms with Crippen LogP contribution in [0.4, 0.5) is 4.39 Å². The second-order valence-electron chi connectivity index (χ2n) is 4.97. The molecule has 0 saturated heterocycles. The molecule has 1 aromatic carbocycles. The molecule has 0 heterocycles. The number of hydrogen-bond acceptors (Lipinski definition) is 2. The van der Waals surface area contributed by atoms with Gasteiger partial charge in [0.15, 0.2) is 0 Å². The van der Waals surface area contributed by atoms with E-state index < -0.39 is 11.4 Å². The largest absolute Gasteiger partial charge is 0.388 e. The zero-order valence-corrected chi connectivity index (χ0v) is 12.4. The van der Waals surface area contributed by atoms with E-state index in [1.54, 1.807) is 6.92 Å². The van der Waals surface area contributed by atoms with Gasteiger partial charge in [0.25, 0.3) is 0 Å². The van der Waals surface area contributed by atoms with Crippen LogP contribution in [0.2, 0.25) is 5.02 Å². The molecule has 0 aliphatic rings. The van der Waals surface area contributed by atoms with E-state index in [1.165, 1.54) is 30.4 Å². The molecule has 0 saturated carbocycles. The van der Waals surface area contributed by atoms with Gasteiger partial charge in [0.2, 0.25) is 5.91 Å². The van der Waals surface area contributed by atoms with Gasteiger partial charge in [0.1, 0.15) is 5.82 Å². The summed E-state index contributed by atoms with van der Waals surface area (Å²) in [5.74, 6) is -0.814. The molecule has 1 rings (SSSR count). The normalized spacial score (nSPS) is 14.2. The minimum absolute atomic E-state index is 0.0124. The average molecular weight is 300 g/mol. The predicted molar refractivity (Wildman–Crippen MR) is 79.0 cm³/mol. The van der Waals surface area contributed by atoms with Gasteiger partial charge in [0, 0.05) is 12.6 Å². The molecule has 3 nitrogen and oxygen atoms in total. The SMILES string of the molecule is CCCC(C)(O)CNC(=O)/C=C/c1ccc(F)c(Cl)c1. The van der Waals surface area contributed by atoms with E-state index in [0.717, 1.165) is 6.42 Å². The van der Waals surface area contributed by atoms with Gasteiger partial charge < -0.3 is 10.4 Å². The maximum absolute atomic E-state index is 13.0. The fraction of sp³-hybridized carbons (Fsp3) is 0.400. The number of carbonyl (C=O) groups excluding carboxylic acids is 1. The third kappa shape index (κ3) is 5.72. The van der Waals surface area contributed by atoms with Gasteiger partial charge >= 0.3 is 0 Å². The molecule has 0 spiro atoms. The van der Waals surface area contributed by atoms with E-state index in [-0.39, 0.29) is 17.5 Å². The number of rotatable bonds is 6. The second kappa shape index (κ2) is 7.41. The van der Waals surface area contributed by atoms with Crippen molar-refractivity contribution in [3.8, 4) is 0 Å². The lowest BCUT2D eigenvalue weighted by atomic mass is 10.0. The third-order valence-corrected chi connectivity index (χ3v) is 3.09. The van der Waals surface area contributed by atoms with Gasteiger partial charge in [-0.1, -0.05) is 31.0 Å². The fourth-order valence-electron chi connectivity index (χ4n) is 1.75. The van der Waals surface area contributed by atoms with Gasteiger partial charge in [0.05, 0.1) is 10.6 Å². The molecule has 0 aliphatic heterocycles. The lowest BCUT2D eigenvalue weighted by Crippen LogP contribution is -2.39. The van der Waals surface area contributed by atoms with Crippen LogP contribution in [-0.4, -0.2) is 23.2 Å². The molecule has 1 amide bonds. The van der Waals surface area contributed by atoms with Gasteiger partial charge in [-0.25, -0.2) is 4.39 Å². The van der Waals surface area contributed by atoms with Crippen molar-refractivity contribution in [1.29, 1.82) is 0 Å². The van der Waals surface area contributed by atoms with E-state index in [2.05, 4.69) is 5.32 Å². The summed E-state index contributed by atoms with van der Waals surface area (Å²) in [4.78, 5) is 11.6. The average Bonchev–Trinajstić information content (AvgIpc) is 2.38. The van der Waals surface area contributed by atoms with Crippen LogP contribution in [0.1, 0.15) is 32.3 Å². The summed E-state index contributed by atoms with van der Waals surface area (Å²) in [6.07, 6.45) is 4.32. The zero-order valence-electron chi connectivity index (χ0n) is 11.6. The van der Waals surface area contributed by atoms with Crippen molar-refractivity contribution >= 4 is 23.6 Å². The van der Waals surface area contributed by atoms with Gasteiger partial charge in [-0.15, -0.1) is 0 Å². The highest BCUT2D eigenvalue weighted by Crippen LogP contribution is 2.16. The minimum Gasteiger partial charge on any atom is -0.388 e. The van der Waals surface area contributed by atoms with Crippen LogP contribution >= 0.6 is 11.6 Å². The second-order valence-corrected chi connectivity index (χ2v) is 5.38. The molecule has 20 heavy (non-hydrogen) atoms. The van der Waals surface area contributed by atoms with E-state index in [0.29, 0.717) is 12.0 Å². The van der Waals surface area contributed by atoms with Crippen molar-refractivity contribution < 1.29 is 14.3 Å². The van der Waals surface area contributed by atoms with E-state index in [4.69, 9.17) is 11.6 Å². The number of amides is 1. The monoisotopic (exact) mass is 299 g/mol. The summed E-state index contributed by atoms with van der Waals surface area (Å²) in [5, 5.41) is 12.6. The highest BCUT2D eigenvalue weighted by molar-refractivity contribution is 6.30. The van der Waals surface area contributed by atoms with Crippen LogP contribution in [-0.2, 0) is 4.79 Å². The molecule has 110 valence electrons.